The second-order valence-corrected chi connectivity index (χ2v) is 11.1. The Balaban J connectivity index is 3.52. The van der Waals surface area contributed by atoms with Crippen molar-refractivity contribution in [2.45, 2.75) is 143 Å². The van der Waals surface area contributed by atoms with E-state index in [1.165, 1.54) is 83.5 Å². The molecule has 0 aromatic carbocycles. The van der Waals surface area contributed by atoms with Crippen LogP contribution in [-0.4, -0.2) is 42.6 Å². The summed E-state index contributed by atoms with van der Waals surface area (Å²) >= 11 is 0. The predicted molar refractivity (Wildman–Crippen MR) is 143 cm³/mol. The standard InChI is InChI=1S/C27H58NO4P/c1-4-7-10-11-12-13-14-15-16-17-18-19-20-21-22-26-31-33(29,30)32-27-25-28(23-8-5-2)24-9-6-3/h4-27H2,1-3H3,(H,29,30). The van der Waals surface area contributed by atoms with Crippen LogP contribution in [0.25, 0.3) is 0 Å². The van der Waals surface area contributed by atoms with Crippen molar-refractivity contribution in [2.75, 3.05) is 32.8 Å². The van der Waals surface area contributed by atoms with Gasteiger partial charge in [-0.15, -0.1) is 0 Å². The molecule has 5 nitrogen and oxygen atoms in total. The number of nitrogens with zero attached hydrogens (tertiary/aromatic N) is 1. The third kappa shape index (κ3) is 25.0. The quantitative estimate of drug-likeness (QED) is 0.0918. The summed E-state index contributed by atoms with van der Waals surface area (Å²) in [6.07, 6.45) is 24.2. The molecule has 0 aromatic rings. The highest BCUT2D eigenvalue weighted by atomic mass is 31.2. The third-order valence-electron chi connectivity index (χ3n) is 6.32. The van der Waals surface area contributed by atoms with Crippen molar-refractivity contribution in [3.05, 3.63) is 0 Å². The van der Waals surface area contributed by atoms with Crippen molar-refractivity contribution in [2.24, 2.45) is 0 Å². The average molecular weight is 492 g/mol. The van der Waals surface area contributed by atoms with E-state index >= 15 is 0 Å². The van der Waals surface area contributed by atoms with E-state index in [1.807, 2.05) is 0 Å². The molecule has 1 N–H and O–H groups in total. The SMILES string of the molecule is CCCCCCCCCCCCCCCCCOP(=O)(O)OCCN(CCCC)CCCC. The fourth-order valence-electron chi connectivity index (χ4n) is 4.07. The van der Waals surface area contributed by atoms with E-state index in [-0.39, 0.29) is 6.61 Å². The van der Waals surface area contributed by atoms with Gasteiger partial charge in [0, 0.05) is 6.54 Å². The minimum absolute atomic E-state index is 0.250. The highest BCUT2D eigenvalue weighted by Crippen LogP contribution is 2.43. The minimum atomic E-state index is -3.92. The molecule has 0 spiro atoms. The third-order valence-corrected chi connectivity index (χ3v) is 7.34. The van der Waals surface area contributed by atoms with Crippen molar-refractivity contribution < 1.29 is 18.5 Å². The zero-order valence-corrected chi connectivity index (χ0v) is 23.4. The first kappa shape index (κ1) is 33.1. The van der Waals surface area contributed by atoms with Gasteiger partial charge in [-0.25, -0.2) is 4.57 Å². The van der Waals surface area contributed by atoms with Crippen LogP contribution in [-0.2, 0) is 13.6 Å². The normalized spacial score (nSPS) is 13.6. The van der Waals surface area contributed by atoms with Crippen molar-refractivity contribution >= 4 is 7.82 Å². The molecule has 6 heteroatoms. The van der Waals surface area contributed by atoms with Gasteiger partial charge in [0.05, 0.1) is 13.2 Å². The molecule has 0 bridgehead atoms. The van der Waals surface area contributed by atoms with Gasteiger partial charge in [-0.2, -0.15) is 0 Å². The van der Waals surface area contributed by atoms with Crippen molar-refractivity contribution in [3.8, 4) is 0 Å². The molecule has 0 aliphatic carbocycles. The van der Waals surface area contributed by atoms with Gasteiger partial charge in [0.25, 0.3) is 0 Å². The zero-order chi connectivity index (χ0) is 24.5. The van der Waals surface area contributed by atoms with Gasteiger partial charge < -0.3 is 9.79 Å². The van der Waals surface area contributed by atoms with Crippen molar-refractivity contribution in [1.82, 2.24) is 4.90 Å². The molecular weight excluding hydrogens is 433 g/mol. The Hall–Kier alpha value is 0.0700. The molecule has 0 fully saturated rings. The fourth-order valence-corrected chi connectivity index (χ4v) is 4.82. The molecule has 0 aliphatic rings. The van der Waals surface area contributed by atoms with E-state index in [9.17, 15) is 9.46 Å². The first-order valence-electron chi connectivity index (χ1n) is 14.4. The van der Waals surface area contributed by atoms with Crippen LogP contribution in [0.2, 0.25) is 0 Å². The second kappa shape index (κ2) is 25.2. The lowest BCUT2D eigenvalue weighted by atomic mass is 10.0. The molecule has 0 heterocycles. The first-order valence-corrected chi connectivity index (χ1v) is 15.9. The molecule has 0 aliphatic heterocycles. The lowest BCUT2D eigenvalue weighted by Crippen LogP contribution is -2.29. The minimum Gasteiger partial charge on any atom is -0.302 e. The molecule has 0 rings (SSSR count). The summed E-state index contributed by atoms with van der Waals surface area (Å²) in [5, 5.41) is 0. The van der Waals surface area contributed by atoms with Gasteiger partial charge in [-0.1, -0.05) is 124 Å². The fraction of sp³-hybridized carbons (Fsp3) is 1.00. The average Bonchev–Trinajstić information content (AvgIpc) is 2.80. The molecule has 0 amide bonds. The van der Waals surface area contributed by atoms with Crippen LogP contribution in [0.4, 0.5) is 0 Å². The summed E-state index contributed by atoms with van der Waals surface area (Å²) in [5.74, 6) is 0. The summed E-state index contributed by atoms with van der Waals surface area (Å²) in [4.78, 5) is 12.2. The molecule has 1 unspecified atom stereocenters. The number of rotatable bonds is 27. The van der Waals surface area contributed by atoms with Gasteiger partial charge in [0.15, 0.2) is 0 Å². The van der Waals surface area contributed by atoms with Crippen LogP contribution in [0, 0.1) is 0 Å². The Bertz CT molecular complexity index is 428. The van der Waals surface area contributed by atoms with Gasteiger partial charge >= 0.3 is 7.82 Å². The number of phosphoric acid groups is 1. The monoisotopic (exact) mass is 491 g/mol. The Morgan fingerprint density at radius 3 is 1.30 bits per heavy atom. The Labute approximate surface area is 207 Å². The number of hydrogen-bond donors (Lipinski definition) is 1. The summed E-state index contributed by atoms with van der Waals surface area (Å²) in [6.45, 7) is 9.93. The van der Waals surface area contributed by atoms with Crippen LogP contribution in [0.3, 0.4) is 0 Å². The molecule has 0 saturated heterocycles. The van der Waals surface area contributed by atoms with Crippen molar-refractivity contribution in [1.29, 1.82) is 0 Å². The van der Waals surface area contributed by atoms with Crippen LogP contribution >= 0.6 is 7.82 Å². The van der Waals surface area contributed by atoms with Crippen LogP contribution < -0.4 is 0 Å². The molecular formula is C27H58NO4P. The largest absolute Gasteiger partial charge is 0.472 e. The first-order chi connectivity index (χ1) is 16.1. The maximum absolute atomic E-state index is 12.1. The van der Waals surface area contributed by atoms with Crippen LogP contribution in [0.15, 0.2) is 0 Å². The van der Waals surface area contributed by atoms with Gasteiger partial charge in [0.2, 0.25) is 0 Å². The lowest BCUT2D eigenvalue weighted by molar-refractivity contribution is 0.128. The van der Waals surface area contributed by atoms with Gasteiger partial charge in [0.1, 0.15) is 0 Å². The van der Waals surface area contributed by atoms with E-state index in [4.69, 9.17) is 9.05 Å². The number of unbranched alkanes of at least 4 members (excludes halogenated alkanes) is 16. The highest BCUT2D eigenvalue weighted by Gasteiger charge is 2.20. The molecule has 200 valence electrons. The van der Waals surface area contributed by atoms with E-state index in [0.29, 0.717) is 13.2 Å². The summed E-state index contributed by atoms with van der Waals surface area (Å²) in [5.41, 5.74) is 0. The lowest BCUT2D eigenvalue weighted by Gasteiger charge is -2.22. The van der Waals surface area contributed by atoms with Gasteiger partial charge in [-0.3, -0.25) is 9.05 Å². The summed E-state index contributed by atoms with van der Waals surface area (Å²) in [6, 6.07) is 0. The summed E-state index contributed by atoms with van der Waals surface area (Å²) < 4.78 is 22.4. The van der Waals surface area contributed by atoms with Gasteiger partial charge in [-0.05, 0) is 32.4 Å². The zero-order valence-electron chi connectivity index (χ0n) is 22.5. The predicted octanol–water partition coefficient (Wildman–Crippen LogP) is 8.89. The number of phosphoric ester groups is 1. The second-order valence-electron chi connectivity index (χ2n) is 9.63. The summed E-state index contributed by atoms with van der Waals surface area (Å²) in [7, 11) is -3.92. The van der Waals surface area contributed by atoms with Crippen LogP contribution in [0.1, 0.15) is 143 Å². The number of hydrogen-bond acceptors (Lipinski definition) is 4. The Morgan fingerprint density at radius 1 is 0.515 bits per heavy atom. The molecule has 33 heavy (non-hydrogen) atoms. The smallest absolute Gasteiger partial charge is 0.302 e. The Kier molecular flexibility index (Phi) is 25.2. The van der Waals surface area contributed by atoms with E-state index in [1.54, 1.807) is 0 Å². The maximum Gasteiger partial charge on any atom is 0.472 e. The molecule has 0 saturated carbocycles. The van der Waals surface area contributed by atoms with Crippen molar-refractivity contribution in [3.63, 3.8) is 0 Å². The molecule has 1 atom stereocenters. The maximum atomic E-state index is 12.1. The van der Waals surface area contributed by atoms with E-state index in [2.05, 4.69) is 25.7 Å². The van der Waals surface area contributed by atoms with Crippen LogP contribution in [0.5, 0.6) is 0 Å². The van der Waals surface area contributed by atoms with E-state index in [0.717, 1.165) is 51.6 Å². The Morgan fingerprint density at radius 2 is 0.879 bits per heavy atom. The highest BCUT2D eigenvalue weighted by molar-refractivity contribution is 7.47. The topological polar surface area (TPSA) is 59.0 Å². The molecule has 0 aromatic heterocycles. The molecule has 0 radical (unpaired) electrons. The van der Waals surface area contributed by atoms with E-state index < -0.39 is 7.82 Å².